The molecule has 1 rings (SSSR count). The third-order valence-corrected chi connectivity index (χ3v) is 2.96. The fourth-order valence-electron chi connectivity index (χ4n) is 1.64. The highest BCUT2D eigenvalue weighted by molar-refractivity contribution is 5.00. The topological polar surface area (TPSA) is 26.0 Å². The Morgan fingerprint density at radius 3 is 2.00 bits per heavy atom. The highest BCUT2D eigenvalue weighted by atomic mass is 19.1. The molecule has 10 heavy (non-hydrogen) atoms. The minimum atomic E-state index is -1.08. The van der Waals surface area contributed by atoms with Crippen LogP contribution < -0.4 is 5.73 Å². The second-order valence-corrected chi connectivity index (χ2v) is 3.81. The van der Waals surface area contributed by atoms with Crippen LogP contribution in [0.4, 0.5) is 4.39 Å². The van der Waals surface area contributed by atoms with E-state index < -0.39 is 5.67 Å². The van der Waals surface area contributed by atoms with Crippen molar-refractivity contribution in [3.63, 3.8) is 0 Å². The fraction of sp³-hybridized carbons (Fsp3) is 1.00. The minimum Gasteiger partial charge on any atom is -0.330 e. The lowest BCUT2D eigenvalue weighted by molar-refractivity contribution is -0.0353. The zero-order valence-electron chi connectivity index (χ0n) is 6.78. The van der Waals surface area contributed by atoms with Crippen LogP contribution in [-0.2, 0) is 0 Å². The summed E-state index contributed by atoms with van der Waals surface area (Å²) in [6.07, 6.45) is 3.07. The molecule has 1 aliphatic rings. The second kappa shape index (κ2) is 2.19. The Kier molecular flexibility index (Phi) is 1.75. The van der Waals surface area contributed by atoms with Gasteiger partial charge in [-0.3, -0.25) is 0 Å². The SMILES string of the molecule is CC(C)(F)C1(CN)CCC1. The average molecular weight is 145 g/mol. The minimum absolute atomic E-state index is 0.188. The molecule has 0 aliphatic heterocycles. The summed E-state index contributed by atoms with van der Waals surface area (Å²) in [7, 11) is 0. The van der Waals surface area contributed by atoms with Gasteiger partial charge in [0.2, 0.25) is 0 Å². The first-order valence-electron chi connectivity index (χ1n) is 3.91. The lowest BCUT2D eigenvalue weighted by atomic mass is 9.61. The van der Waals surface area contributed by atoms with Gasteiger partial charge in [-0.05, 0) is 26.7 Å². The van der Waals surface area contributed by atoms with Crippen molar-refractivity contribution in [2.75, 3.05) is 6.54 Å². The summed E-state index contributed by atoms with van der Waals surface area (Å²) in [5, 5.41) is 0. The van der Waals surface area contributed by atoms with Crippen molar-refractivity contribution in [2.24, 2.45) is 11.1 Å². The Bertz CT molecular complexity index is 116. The molecular formula is C8H16FN. The van der Waals surface area contributed by atoms with Crippen molar-refractivity contribution in [1.82, 2.24) is 0 Å². The summed E-state index contributed by atoms with van der Waals surface area (Å²) in [5.41, 5.74) is 4.24. The molecule has 1 nitrogen and oxygen atoms in total. The number of hydrogen-bond donors (Lipinski definition) is 1. The predicted molar refractivity (Wildman–Crippen MR) is 40.5 cm³/mol. The van der Waals surface area contributed by atoms with Gasteiger partial charge in [0.25, 0.3) is 0 Å². The van der Waals surface area contributed by atoms with Gasteiger partial charge in [0, 0.05) is 12.0 Å². The van der Waals surface area contributed by atoms with Gasteiger partial charge in [-0.1, -0.05) is 6.42 Å². The molecule has 0 aromatic carbocycles. The molecule has 2 N–H and O–H groups in total. The van der Waals surface area contributed by atoms with Crippen molar-refractivity contribution < 1.29 is 4.39 Å². The van der Waals surface area contributed by atoms with Gasteiger partial charge in [0.05, 0.1) is 0 Å². The maximum absolute atomic E-state index is 13.4. The molecule has 0 bridgehead atoms. The molecule has 60 valence electrons. The van der Waals surface area contributed by atoms with E-state index >= 15 is 0 Å². The molecule has 1 saturated carbocycles. The zero-order chi connectivity index (χ0) is 7.83. The second-order valence-electron chi connectivity index (χ2n) is 3.81. The molecule has 0 spiro atoms. The average Bonchev–Trinajstić information content (AvgIpc) is 1.58. The molecule has 0 aromatic rings. The highest BCUT2D eigenvalue weighted by Crippen LogP contribution is 2.49. The Hall–Kier alpha value is -0.110. The Labute approximate surface area is 61.8 Å². The van der Waals surface area contributed by atoms with Gasteiger partial charge in [0.1, 0.15) is 5.67 Å². The lowest BCUT2D eigenvalue weighted by Gasteiger charge is -2.48. The zero-order valence-corrected chi connectivity index (χ0v) is 6.78. The molecular weight excluding hydrogens is 129 g/mol. The van der Waals surface area contributed by atoms with E-state index in [-0.39, 0.29) is 5.41 Å². The molecule has 0 heterocycles. The first-order valence-corrected chi connectivity index (χ1v) is 3.91. The number of halogens is 1. The summed E-state index contributed by atoms with van der Waals surface area (Å²) in [6, 6.07) is 0. The summed E-state index contributed by atoms with van der Waals surface area (Å²) in [5.74, 6) is 0. The fourth-order valence-corrected chi connectivity index (χ4v) is 1.64. The van der Waals surface area contributed by atoms with Crippen LogP contribution in [0.3, 0.4) is 0 Å². The number of rotatable bonds is 2. The number of hydrogen-bond acceptors (Lipinski definition) is 1. The molecule has 0 saturated heterocycles. The first-order chi connectivity index (χ1) is 4.52. The van der Waals surface area contributed by atoms with E-state index in [1.54, 1.807) is 13.8 Å². The van der Waals surface area contributed by atoms with E-state index in [4.69, 9.17) is 5.73 Å². The summed E-state index contributed by atoms with van der Waals surface area (Å²) >= 11 is 0. The van der Waals surface area contributed by atoms with Crippen molar-refractivity contribution in [3.05, 3.63) is 0 Å². The predicted octanol–water partition coefficient (Wildman–Crippen LogP) is 1.86. The van der Waals surface area contributed by atoms with E-state index in [1.165, 1.54) is 0 Å². The first kappa shape index (κ1) is 7.99. The Morgan fingerprint density at radius 1 is 1.50 bits per heavy atom. The van der Waals surface area contributed by atoms with Crippen molar-refractivity contribution in [2.45, 2.75) is 38.8 Å². The third kappa shape index (κ3) is 0.947. The summed E-state index contributed by atoms with van der Waals surface area (Å²) in [6.45, 7) is 3.77. The Morgan fingerprint density at radius 2 is 2.00 bits per heavy atom. The molecule has 0 radical (unpaired) electrons. The largest absolute Gasteiger partial charge is 0.330 e. The van der Waals surface area contributed by atoms with E-state index in [0.717, 1.165) is 19.3 Å². The van der Waals surface area contributed by atoms with Crippen LogP contribution in [0.1, 0.15) is 33.1 Å². The van der Waals surface area contributed by atoms with Gasteiger partial charge < -0.3 is 5.73 Å². The van der Waals surface area contributed by atoms with Crippen LogP contribution in [0.5, 0.6) is 0 Å². The number of alkyl halides is 1. The molecule has 0 amide bonds. The molecule has 2 heteroatoms. The van der Waals surface area contributed by atoms with E-state index in [9.17, 15) is 4.39 Å². The van der Waals surface area contributed by atoms with Gasteiger partial charge in [-0.25, -0.2) is 4.39 Å². The van der Waals surface area contributed by atoms with Crippen LogP contribution in [0.25, 0.3) is 0 Å². The van der Waals surface area contributed by atoms with E-state index in [2.05, 4.69) is 0 Å². The molecule has 0 unspecified atom stereocenters. The number of nitrogens with two attached hydrogens (primary N) is 1. The third-order valence-electron chi connectivity index (χ3n) is 2.96. The van der Waals surface area contributed by atoms with Crippen LogP contribution in [-0.4, -0.2) is 12.2 Å². The highest BCUT2D eigenvalue weighted by Gasteiger charge is 2.48. The van der Waals surface area contributed by atoms with Gasteiger partial charge in [0.15, 0.2) is 0 Å². The Balaban J connectivity index is 2.65. The summed E-state index contributed by atoms with van der Waals surface area (Å²) < 4.78 is 13.4. The standard InChI is InChI=1S/C8H16FN/c1-7(2,9)8(6-10)4-3-5-8/h3-6,10H2,1-2H3. The molecule has 0 aromatic heterocycles. The molecule has 1 aliphatic carbocycles. The normalized spacial score (nSPS) is 24.0. The van der Waals surface area contributed by atoms with Gasteiger partial charge in [-0.15, -0.1) is 0 Å². The van der Waals surface area contributed by atoms with Crippen molar-refractivity contribution >= 4 is 0 Å². The van der Waals surface area contributed by atoms with Gasteiger partial charge >= 0.3 is 0 Å². The monoisotopic (exact) mass is 145 g/mol. The van der Waals surface area contributed by atoms with Gasteiger partial charge in [-0.2, -0.15) is 0 Å². The smallest absolute Gasteiger partial charge is 0.112 e. The quantitative estimate of drug-likeness (QED) is 0.630. The van der Waals surface area contributed by atoms with Crippen molar-refractivity contribution in [1.29, 1.82) is 0 Å². The van der Waals surface area contributed by atoms with Crippen molar-refractivity contribution in [3.8, 4) is 0 Å². The molecule has 1 fully saturated rings. The maximum Gasteiger partial charge on any atom is 0.112 e. The van der Waals surface area contributed by atoms with E-state index in [1.807, 2.05) is 0 Å². The van der Waals surface area contributed by atoms with Crippen LogP contribution in [0.15, 0.2) is 0 Å². The summed E-state index contributed by atoms with van der Waals surface area (Å²) in [4.78, 5) is 0. The maximum atomic E-state index is 13.4. The molecule has 0 atom stereocenters. The van der Waals surface area contributed by atoms with Crippen LogP contribution in [0.2, 0.25) is 0 Å². The van der Waals surface area contributed by atoms with Crippen LogP contribution >= 0.6 is 0 Å². The lowest BCUT2D eigenvalue weighted by Crippen LogP contribution is -2.50. The van der Waals surface area contributed by atoms with Crippen LogP contribution in [0, 0.1) is 5.41 Å². The van der Waals surface area contributed by atoms with E-state index in [0.29, 0.717) is 6.54 Å².